The van der Waals surface area contributed by atoms with Crippen LogP contribution in [0.2, 0.25) is 0 Å². The van der Waals surface area contributed by atoms with Crippen LogP contribution in [0, 0.1) is 5.92 Å². The van der Waals surface area contributed by atoms with E-state index in [-0.39, 0.29) is 18.0 Å². The number of nitrogens with one attached hydrogen (secondary N) is 1. The van der Waals surface area contributed by atoms with Crippen LogP contribution in [-0.2, 0) is 0 Å². The van der Waals surface area contributed by atoms with Crippen LogP contribution in [0.15, 0.2) is 12.1 Å². The number of piperazine rings is 1. The van der Waals surface area contributed by atoms with E-state index < -0.39 is 0 Å². The van der Waals surface area contributed by atoms with Crippen LogP contribution in [0.25, 0.3) is 0 Å². The van der Waals surface area contributed by atoms with Gasteiger partial charge in [0.15, 0.2) is 0 Å². The molecule has 148 valence electrons. The Morgan fingerprint density at radius 2 is 1.85 bits per heavy atom. The minimum absolute atomic E-state index is 0.208. The van der Waals surface area contributed by atoms with Crippen molar-refractivity contribution >= 4 is 6.09 Å². The van der Waals surface area contributed by atoms with E-state index in [2.05, 4.69) is 20.4 Å². The third-order valence-electron chi connectivity index (χ3n) is 6.22. The zero-order chi connectivity index (χ0) is 18.6. The third kappa shape index (κ3) is 4.16. The highest BCUT2D eigenvalue weighted by atomic mass is 16.6. The fraction of sp³-hybridized carbons (Fsp3) is 0.737. The van der Waals surface area contributed by atoms with Gasteiger partial charge in [0.05, 0.1) is 13.2 Å². The van der Waals surface area contributed by atoms with Gasteiger partial charge in [0, 0.05) is 37.8 Å². The maximum absolute atomic E-state index is 12.9. The van der Waals surface area contributed by atoms with E-state index in [9.17, 15) is 4.79 Å². The summed E-state index contributed by atoms with van der Waals surface area (Å²) >= 11 is 0. The summed E-state index contributed by atoms with van der Waals surface area (Å²) in [7, 11) is 1.53. The maximum Gasteiger partial charge on any atom is 0.416 e. The largest absolute Gasteiger partial charge is 0.480 e. The van der Waals surface area contributed by atoms with Crippen molar-refractivity contribution in [2.45, 2.75) is 44.2 Å². The summed E-state index contributed by atoms with van der Waals surface area (Å²) < 4.78 is 10.5. The number of rotatable bonds is 4. The molecule has 3 heterocycles. The van der Waals surface area contributed by atoms with Gasteiger partial charge in [-0.05, 0) is 44.7 Å². The Kier molecular flexibility index (Phi) is 5.73. The van der Waals surface area contributed by atoms with E-state index in [1.54, 1.807) is 12.1 Å². The Labute approximate surface area is 160 Å². The van der Waals surface area contributed by atoms with Crippen LogP contribution < -0.4 is 14.8 Å². The molecular weight excluding hydrogens is 346 g/mol. The van der Waals surface area contributed by atoms with Crippen LogP contribution in [-0.4, -0.2) is 78.0 Å². The van der Waals surface area contributed by atoms with E-state index in [4.69, 9.17) is 9.47 Å². The maximum atomic E-state index is 12.9. The monoisotopic (exact) mass is 375 g/mol. The van der Waals surface area contributed by atoms with Crippen molar-refractivity contribution in [2.24, 2.45) is 5.92 Å². The summed E-state index contributed by atoms with van der Waals surface area (Å²) in [5.41, 5.74) is 0. The number of methoxy groups -OCH3 is 1. The van der Waals surface area contributed by atoms with Gasteiger partial charge in [-0.2, -0.15) is 0 Å². The Bertz CT molecular complexity index is 631. The molecule has 0 aromatic carbocycles. The van der Waals surface area contributed by atoms with Crippen molar-refractivity contribution in [2.75, 3.05) is 39.8 Å². The van der Waals surface area contributed by atoms with E-state index in [1.807, 2.05) is 4.90 Å². The Morgan fingerprint density at radius 3 is 2.48 bits per heavy atom. The van der Waals surface area contributed by atoms with Crippen LogP contribution >= 0.6 is 0 Å². The lowest BCUT2D eigenvalue weighted by Gasteiger charge is -2.49. The molecule has 1 unspecified atom stereocenters. The standard InChI is InChI=1S/C19H29N5O3/c1-26-17-5-6-18(22-21-17)27-19(25)24-12-11-23(15-3-2-4-15)13-16(24)14-7-9-20-10-8-14/h5-6,14-16,20H,2-4,7-13H2,1H3. The van der Waals surface area contributed by atoms with Crippen LogP contribution in [0.1, 0.15) is 32.1 Å². The van der Waals surface area contributed by atoms with Crippen molar-refractivity contribution in [3.8, 4) is 11.8 Å². The molecule has 1 saturated carbocycles. The second kappa shape index (κ2) is 8.39. The second-order valence-electron chi connectivity index (χ2n) is 7.71. The van der Waals surface area contributed by atoms with Crippen LogP contribution in [0.5, 0.6) is 11.8 Å². The third-order valence-corrected chi connectivity index (χ3v) is 6.22. The van der Waals surface area contributed by atoms with Gasteiger partial charge >= 0.3 is 6.09 Å². The molecule has 1 N–H and O–H groups in total. The van der Waals surface area contributed by atoms with Crippen molar-refractivity contribution < 1.29 is 14.3 Å². The molecule has 0 radical (unpaired) electrons. The van der Waals surface area contributed by atoms with Gasteiger partial charge in [0.25, 0.3) is 0 Å². The highest BCUT2D eigenvalue weighted by Crippen LogP contribution is 2.31. The summed E-state index contributed by atoms with van der Waals surface area (Å²) in [4.78, 5) is 17.4. The fourth-order valence-corrected chi connectivity index (χ4v) is 4.39. The number of carbonyl (C=O) groups is 1. The SMILES string of the molecule is COc1ccc(OC(=O)N2CCN(C3CCC3)CC2C2CCNCC2)nn1. The van der Waals surface area contributed by atoms with E-state index >= 15 is 0 Å². The Balaban J connectivity index is 1.44. The van der Waals surface area contributed by atoms with Crippen molar-refractivity contribution in [1.29, 1.82) is 0 Å². The van der Waals surface area contributed by atoms with Gasteiger partial charge in [-0.15, -0.1) is 10.2 Å². The second-order valence-corrected chi connectivity index (χ2v) is 7.71. The first-order valence-corrected chi connectivity index (χ1v) is 10.1. The van der Waals surface area contributed by atoms with Gasteiger partial charge < -0.3 is 19.7 Å². The molecule has 0 spiro atoms. The fourth-order valence-electron chi connectivity index (χ4n) is 4.39. The smallest absolute Gasteiger partial charge is 0.416 e. The predicted octanol–water partition coefficient (Wildman–Crippen LogP) is 1.52. The molecule has 1 aromatic rings. The summed E-state index contributed by atoms with van der Waals surface area (Å²) in [6.45, 7) is 4.65. The highest BCUT2D eigenvalue weighted by Gasteiger charge is 2.40. The molecule has 1 amide bonds. The topological polar surface area (TPSA) is 79.8 Å². The van der Waals surface area contributed by atoms with Gasteiger partial charge in [0.1, 0.15) is 0 Å². The molecule has 2 aliphatic heterocycles. The molecule has 2 saturated heterocycles. The molecule has 3 fully saturated rings. The molecule has 27 heavy (non-hydrogen) atoms. The van der Waals surface area contributed by atoms with Crippen molar-refractivity contribution in [3.05, 3.63) is 12.1 Å². The number of hydrogen-bond acceptors (Lipinski definition) is 7. The quantitative estimate of drug-likeness (QED) is 0.855. The zero-order valence-electron chi connectivity index (χ0n) is 16.0. The van der Waals surface area contributed by atoms with Gasteiger partial charge in [0.2, 0.25) is 11.8 Å². The zero-order valence-corrected chi connectivity index (χ0v) is 16.0. The van der Waals surface area contributed by atoms with Crippen molar-refractivity contribution in [1.82, 2.24) is 25.3 Å². The first kappa shape index (κ1) is 18.4. The average molecular weight is 375 g/mol. The number of ether oxygens (including phenoxy) is 2. The van der Waals surface area contributed by atoms with Gasteiger partial charge in [-0.1, -0.05) is 6.42 Å². The summed E-state index contributed by atoms with van der Waals surface area (Å²) in [5, 5.41) is 11.2. The molecule has 1 aromatic heterocycles. The van der Waals surface area contributed by atoms with Crippen LogP contribution in [0.3, 0.4) is 0 Å². The Hall–Kier alpha value is -1.93. The van der Waals surface area contributed by atoms with Gasteiger partial charge in [-0.25, -0.2) is 4.79 Å². The highest BCUT2D eigenvalue weighted by molar-refractivity contribution is 5.70. The minimum atomic E-state index is -0.314. The van der Waals surface area contributed by atoms with Crippen molar-refractivity contribution in [3.63, 3.8) is 0 Å². The summed E-state index contributed by atoms with van der Waals surface area (Å²) in [6.07, 6.45) is 5.83. The lowest BCUT2D eigenvalue weighted by molar-refractivity contribution is 0.00440. The van der Waals surface area contributed by atoms with E-state index in [0.29, 0.717) is 24.4 Å². The molecule has 1 aliphatic carbocycles. The molecule has 8 heteroatoms. The minimum Gasteiger partial charge on any atom is -0.480 e. The normalized spacial score (nSPS) is 25.1. The molecular formula is C19H29N5O3. The lowest BCUT2D eigenvalue weighted by Crippen LogP contribution is -2.62. The average Bonchev–Trinajstić information content (AvgIpc) is 2.68. The molecule has 3 aliphatic rings. The summed E-state index contributed by atoms with van der Waals surface area (Å²) in [5.74, 6) is 1.13. The Morgan fingerprint density at radius 1 is 1.11 bits per heavy atom. The molecule has 8 nitrogen and oxygen atoms in total. The van der Waals surface area contributed by atoms with Gasteiger partial charge in [-0.3, -0.25) is 4.90 Å². The number of carbonyl (C=O) groups excluding carboxylic acids is 1. The molecule has 0 bridgehead atoms. The number of nitrogens with zero attached hydrogens (tertiary/aromatic N) is 4. The summed E-state index contributed by atoms with van der Waals surface area (Å²) in [6, 6.07) is 4.18. The van der Waals surface area contributed by atoms with E-state index in [0.717, 1.165) is 39.0 Å². The van der Waals surface area contributed by atoms with Crippen LogP contribution in [0.4, 0.5) is 4.79 Å². The number of piperidine rings is 1. The predicted molar refractivity (Wildman–Crippen MR) is 99.9 cm³/mol. The van der Waals surface area contributed by atoms with E-state index in [1.165, 1.54) is 26.4 Å². The number of hydrogen-bond donors (Lipinski definition) is 1. The molecule has 1 atom stereocenters. The first-order chi connectivity index (χ1) is 13.2. The first-order valence-electron chi connectivity index (χ1n) is 10.1. The molecule has 4 rings (SSSR count). The lowest BCUT2D eigenvalue weighted by atomic mass is 9.85. The number of amides is 1. The number of aromatic nitrogens is 2.